The second kappa shape index (κ2) is 7.59. The highest BCUT2D eigenvalue weighted by Crippen LogP contribution is 2.48. The first-order chi connectivity index (χ1) is 14.5. The van der Waals surface area contributed by atoms with Crippen LogP contribution in [0.5, 0.6) is 0 Å². The minimum absolute atomic E-state index is 0.311. The van der Waals surface area contributed by atoms with E-state index in [1.165, 1.54) is 24.6 Å². The Morgan fingerprint density at radius 1 is 1.17 bits per heavy atom. The summed E-state index contributed by atoms with van der Waals surface area (Å²) in [6, 6.07) is 2.16. The van der Waals surface area contributed by atoms with E-state index < -0.39 is 0 Å². The van der Waals surface area contributed by atoms with Gasteiger partial charge in [0, 0.05) is 42.6 Å². The average molecular weight is 444 g/mol. The number of piperidine rings is 1. The van der Waals surface area contributed by atoms with Gasteiger partial charge in [-0.25, -0.2) is 15.0 Å². The van der Waals surface area contributed by atoms with Crippen molar-refractivity contribution in [2.75, 3.05) is 23.7 Å². The smallest absolute Gasteiger partial charge is 0.171 e. The summed E-state index contributed by atoms with van der Waals surface area (Å²) in [4.78, 5) is 16.5. The van der Waals surface area contributed by atoms with Crippen molar-refractivity contribution in [3.63, 3.8) is 0 Å². The Balaban J connectivity index is 1.40. The molecule has 158 valence electrons. The molecular formula is C21H26ClN7S. The molecular weight excluding hydrogens is 418 g/mol. The van der Waals surface area contributed by atoms with Gasteiger partial charge in [-0.2, -0.15) is 0 Å². The van der Waals surface area contributed by atoms with Gasteiger partial charge < -0.3 is 16.4 Å². The molecule has 0 unspecified atom stereocenters. The first kappa shape index (κ1) is 19.9. The molecule has 30 heavy (non-hydrogen) atoms. The van der Waals surface area contributed by atoms with Crippen molar-refractivity contribution in [3.05, 3.63) is 35.9 Å². The Kier molecular flexibility index (Phi) is 5.03. The normalized spacial score (nSPS) is 23.5. The van der Waals surface area contributed by atoms with E-state index in [-0.39, 0.29) is 0 Å². The maximum atomic E-state index is 6.59. The van der Waals surface area contributed by atoms with Crippen molar-refractivity contribution >= 4 is 40.6 Å². The summed E-state index contributed by atoms with van der Waals surface area (Å²) in [5.74, 6) is 2.02. The van der Waals surface area contributed by atoms with Crippen LogP contribution >= 0.6 is 23.4 Å². The van der Waals surface area contributed by atoms with Crippen molar-refractivity contribution in [1.29, 1.82) is 0 Å². The first-order valence-electron chi connectivity index (χ1n) is 10.4. The number of aromatic nitrogens is 4. The lowest BCUT2D eigenvalue weighted by atomic mass is 9.73. The van der Waals surface area contributed by atoms with Gasteiger partial charge in [0.05, 0.1) is 11.2 Å². The van der Waals surface area contributed by atoms with E-state index in [1.807, 2.05) is 24.7 Å². The summed E-state index contributed by atoms with van der Waals surface area (Å²) in [5, 5.41) is 1.23. The summed E-state index contributed by atoms with van der Waals surface area (Å²) in [6.45, 7) is 4.28. The zero-order valence-corrected chi connectivity index (χ0v) is 18.5. The largest absolute Gasteiger partial charge is 0.382 e. The van der Waals surface area contributed by atoms with E-state index in [0.29, 0.717) is 28.2 Å². The van der Waals surface area contributed by atoms with Crippen molar-refractivity contribution < 1.29 is 0 Å². The van der Waals surface area contributed by atoms with Crippen LogP contribution < -0.4 is 16.4 Å². The van der Waals surface area contributed by atoms with Gasteiger partial charge in [-0.1, -0.05) is 30.3 Å². The zero-order valence-electron chi connectivity index (χ0n) is 17.0. The standard InChI is InChI=1S/C21H26ClN7S/c1-13-2-4-21(17(13)23)5-9-28(10-6-21)15-12-27-20(19-26-8-11-29(15)19)30-14-3-7-25-18(24)16(14)22/h3,7-8,11-13,17H,2,4-6,9-10,23H2,1H3,(H2,24,25)/t13-,17-/m1/s1. The lowest BCUT2D eigenvalue weighted by Gasteiger charge is -2.43. The highest BCUT2D eigenvalue weighted by Gasteiger charge is 2.46. The molecule has 2 aliphatic rings. The van der Waals surface area contributed by atoms with E-state index in [4.69, 9.17) is 28.1 Å². The summed E-state index contributed by atoms with van der Waals surface area (Å²) in [7, 11) is 0. The molecule has 4 heterocycles. The maximum absolute atomic E-state index is 6.59. The number of pyridine rings is 1. The molecule has 4 N–H and O–H groups in total. The fraction of sp³-hybridized carbons (Fsp3) is 0.476. The molecule has 0 amide bonds. The number of fused-ring (bicyclic) bond motifs is 1. The van der Waals surface area contributed by atoms with Crippen LogP contribution in [0, 0.1) is 11.3 Å². The molecule has 7 nitrogen and oxygen atoms in total. The number of hydrogen-bond acceptors (Lipinski definition) is 7. The van der Waals surface area contributed by atoms with Gasteiger partial charge in [-0.15, -0.1) is 0 Å². The third kappa shape index (κ3) is 3.21. The predicted octanol–water partition coefficient (Wildman–Crippen LogP) is 3.85. The molecule has 3 aromatic rings. The number of hydrogen-bond donors (Lipinski definition) is 2. The van der Waals surface area contributed by atoms with E-state index in [0.717, 1.165) is 47.3 Å². The lowest BCUT2D eigenvalue weighted by Crippen LogP contribution is -2.48. The summed E-state index contributed by atoms with van der Waals surface area (Å²) >= 11 is 7.77. The highest BCUT2D eigenvalue weighted by molar-refractivity contribution is 7.99. The minimum atomic E-state index is 0.311. The lowest BCUT2D eigenvalue weighted by molar-refractivity contribution is 0.185. The molecule has 0 aromatic carbocycles. The zero-order chi connectivity index (χ0) is 20.9. The van der Waals surface area contributed by atoms with Gasteiger partial charge in [0.1, 0.15) is 16.7 Å². The van der Waals surface area contributed by atoms with Gasteiger partial charge in [0.2, 0.25) is 0 Å². The Morgan fingerprint density at radius 3 is 2.70 bits per heavy atom. The SMILES string of the molecule is C[C@@H]1CCC2(CCN(c3cnc(Sc4ccnc(N)c4Cl)c4nccn34)CC2)[C@@H]1N. The van der Waals surface area contributed by atoms with Crippen LogP contribution in [0.25, 0.3) is 5.65 Å². The third-order valence-corrected chi connectivity index (χ3v) is 8.52. The molecule has 5 rings (SSSR count). The van der Waals surface area contributed by atoms with Gasteiger partial charge in [-0.05, 0) is 43.1 Å². The molecule has 0 bridgehead atoms. The molecule has 1 spiro atoms. The monoisotopic (exact) mass is 443 g/mol. The third-order valence-electron chi connectivity index (χ3n) is 6.96. The Bertz CT molecular complexity index is 1080. The summed E-state index contributed by atoms with van der Waals surface area (Å²) in [5.41, 5.74) is 13.6. The molecule has 1 saturated heterocycles. The average Bonchev–Trinajstić information content (AvgIpc) is 3.35. The van der Waals surface area contributed by atoms with Crippen LogP contribution in [-0.2, 0) is 0 Å². The summed E-state index contributed by atoms with van der Waals surface area (Å²) < 4.78 is 2.11. The number of rotatable bonds is 3. The molecule has 1 saturated carbocycles. The second-order valence-electron chi connectivity index (χ2n) is 8.54. The number of nitrogen functional groups attached to an aromatic ring is 1. The molecule has 2 atom stereocenters. The molecule has 1 aliphatic carbocycles. The van der Waals surface area contributed by atoms with Crippen LogP contribution in [-0.4, -0.2) is 38.5 Å². The number of anilines is 2. The molecule has 9 heteroatoms. The van der Waals surface area contributed by atoms with Crippen LogP contribution in [0.3, 0.4) is 0 Å². The van der Waals surface area contributed by atoms with Crippen LogP contribution in [0.2, 0.25) is 5.02 Å². The quantitative estimate of drug-likeness (QED) is 0.634. The molecule has 3 aromatic heterocycles. The van der Waals surface area contributed by atoms with E-state index in [2.05, 4.69) is 26.2 Å². The van der Waals surface area contributed by atoms with Crippen LogP contribution in [0.1, 0.15) is 32.6 Å². The Labute approximate surface area is 185 Å². The van der Waals surface area contributed by atoms with Crippen molar-refractivity contribution in [2.45, 2.75) is 48.6 Å². The topological polar surface area (TPSA) is 98.4 Å². The molecule has 1 aliphatic heterocycles. The number of halogens is 1. The van der Waals surface area contributed by atoms with E-state index >= 15 is 0 Å². The van der Waals surface area contributed by atoms with Crippen LogP contribution in [0.15, 0.2) is 40.8 Å². The minimum Gasteiger partial charge on any atom is -0.382 e. The van der Waals surface area contributed by atoms with Gasteiger partial charge in [0.15, 0.2) is 5.65 Å². The van der Waals surface area contributed by atoms with Crippen molar-refractivity contribution in [2.24, 2.45) is 17.1 Å². The highest BCUT2D eigenvalue weighted by atomic mass is 35.5. The maximum Gasteiger partial charge on any atom is 0.171 e. The fourth-order valence-electron chi connectivity index (χ4n) is 5.04. The fourth-order valence-corrected chi connectivity index (χ4v) is 6.15. The van der Waals surface area contributed by atoms with Gasteiger partial charge in [0.25, 0.3) is 0 Å². The van der Waals surface area contributed by atoms with Crippen molar-refractivity contribution in [1.82, 2.24) is 19.4 Å². The first-order valence-corrected chi connectivity index (χ1v) is 11.6. The molecule has 0 radical (unpaired) electrons. The van der Waals surface area contributed by atoms with Gasteiger partial charge in [-0.3, -0.25) is 4.40 Å². The number of nitrogens with two attached hydrogens (primary N) is 2. The van der Waals surface area contributed by atoms with Crippen molar-refractivity contribution in [3.8, 4) is 0 Å². The second-order valence-corrected chi connectivity index (χ2v) is 9.95. The number of nitrogens with zero attached hydrogens (tertiary/aromatic N) is 5. The Hall–Kier alpha value is -2.03. The number of imidazole rings is 1. The van der Waals surface area contributed by atoms with Gasteiger partial charge >= 0.3 is 0 Å². The van der Waals surface area contributed by atoms with Crippen LogP contribution in [0.4, 0.5) is 11.6 Å². The predicted molar refractivity (Wildman–Crippen MR) is 121 cm³/mol. The Morgan fingerprint density at radius 2 is 1.97 bits per heavy atom. The molecule has 2 fully saturated rings. The summed E-state index contributed by atoms with van der Waals surface area (Å²) in [6.07, 6.45) is 12.2. The van der Waals surface area contributed by atoms with E-state index in [1.54, 1.807) is 6.20 Å². The van der Waals surface area contributed by atoms with E-state index in [9.17, 15) is 0 Å².